The summed E-state index contributed by atoms with van der Waals surface area (Å²) in [5.74, 6) is 0.0806. The zero-order chi connectivity index (χ0) is 21.7. The molecule has 30 heavy (non-hydrogen) atoms. The van der Waals surface area contributed by atoms with Crippen molar-refractivity contribution in [2.75, 3.05) is 10.0 Å². The number of hydrogen-bond donors (Lipinski definition) is 2. The first-order chi connectivity index (χ1) is 14.2. The SMILES string of the molecule is C[C@H](Oc1cccc(Cl)c1)C(=O)Nc1ccc(S(=O)(=O)Nc2ccccc2Cl)cc1. The summed E-state index contributed by atoms with van der Waals surface area (Å²) >= 11 is 11.9. The maximum absolute atomic E-state index is 12.5. The highest BCUT2D eigenvalue weighted by molar-refractivity contribution is 7.92. The monoisotopic (exact) mass is 464 g/mol. The van der Waals surface area contributed by atoms with E-state index in [-0.39, 0.29) is 16.5 Å². The van der Waals surface area contributed by atoms with E-state index in [1.165, 1.54) is 24.3 Å². The number of nitrogens with one attached hydrogen (secondary N) is 2. The van der Waals surface area contributed by atoms with Gasteiger partial charge in [0.15, 0.2) is 6.10 Å². The number of carbonyl (C=O) groups excluding carboxylic acids is 1. The van der Waals surface area contributed by atoms with Gasteiger partial charge in [-0.25, -0.2) is 8.42 Å². The summed E-state index contributed by atoms with van der Waals surface area (Å²) < 4.78 is 33.1. The van der Waals surface area contributed by atoms with Crippen molar-refractivity contribution >= 4 is 50.5 Å². The summed E-state index contributed by atoms with van der Waals surface area (Å²) in [5.41, 5.74) is 0.710. The van der Waals surface area contributed by atoms with Crippen LogP contribution in [0.1, 0.15) is 6.92 Å². The van der Waals surface area contributed by atoms with Crippen LogP contribution in [-0.4, -0.2) is 20.4 Å². The smallest absolute Gasteiger partial charge is 0.265 e. The third kappa shape index (κ3) is 5.66. The van der Waals surface area contributed by atoms with Gasteiger partial charge in [-0.1, -0.05) is 41.4 Å². The van der Waals surface area contributed by atoms with Gasteiger partial charge in [-0.05, 0) is 61.5 Å². The lowest BCUT2D eigenvalue weighted by Gasteiger charge is -2.15. The number of amides is 1. The van der Waals surface area contributed by atoms with Gasteiger partial charge >= 0.3 is 0 Å². The molecule has 0 unspecified atom stereocenters. The highest BCUT2D eigenvalue weighted by atomic mass is 35.5. The summed E-state index contributed by atoms with van der Waals surface area (Å²) in [6.45, 7) is 1.60. The van der Waals surface area contributed by atoms with E-state index in [4.69, 9.17) is 27.9 Å². The van der Waals surface area contributed by atoms with Crippen molar-refractivity contribution in [2.24, 2.45) is 0 Å². The van der Waals surface area contributed by atoms with Gasteiger partial charge in [-0.2, -0.15) is 0 Å². The molecule has 0 aromatic heterocycles. The zero-order valence-electron chi connectivity index (χ0n) is 15.8. The summed E-state index contributed by atoms with van der Waals surface area (Å²) in [4.78, 5) is 12.4. The molecule has 9 heteroatoms. The molecule has 0 fully saturated rings. The number of sulfonamides is 1. The van der Waals surface area contributed by atoms with Crippen LogP contribution in [0.3, 0.4) is 0 Å². The minimum atomic E-state index is -3.83. The maximum atomic E-state index is 12.5. The van der Waals surface area contributed by atoms with E-state index < -0.39 is 16.1 Å². The largest absolute Gasteiger partial charge is 0.481 e. The Morgan fingerprint density at radius 3 is 2.33 bits per heavy atom. The van der Waals surface area contributed by atoms with Crippen LogP contribution in [0.2, 0.25) is 10.0 Å². The van der Waals surface area contributed by atoms with Crippen LogP contribution in [0.15, 0.2) is 77.7 Å². The van der Waals surface area contributed by atoms with Crippen LogP contribution in [0.4, 0.5) is 11.4 Å². The van der Waals surface area contributed by atoms with E-state index >= 15 is 0 Å². The number of rotatable bonds is 7. The van der Waals surface area contributed by atoms with Gasteiger partial charge in [0.1, 0.15) is 5.75 Å². The third-order valence-corrected chi connectivity index (χ3v) is 5.97. The Bertz CT molecular complexity index is 1150. The Morgan fingerprint density at radius 2 is 1.67 bits per heavy atom. The Balaban J connectivity index is 1.65. The molecule has 3 aromatic rings. The Labute approximate surface area is 184 Å². The number of hydrogen-bond acceptors (Lipinski definition) is 4. The standard InChI is InChI=1S/C21H18Cl2N2O4S/c1-14(29-17-6-4-5-15(22)13-17)21(26)24-16-9-11-18(12-10-16)30(27,28)25-20-8-3-2-7-19(20)23/h2-14,25H,1H3,(H,24,26)/t14-/m0/s1. The van der Waals surface area contributed by atoms with Crippen LogP contribution in [0.25, 0.3) is 0 Å². The number of halogens is 2. The second-order valence-corrected chi connectivity index (χ2v) is 8.84. The average molecular weight is 465 g/mol. The first-order valence-electron chi connectivity index (χ1n) is 8.85. The molecular weight excluding hydrogens is 447 g/mol. The van der Waals surface area contributed by atoms with E-state index in [1.54, 1.807) is 55.5 Å². The minimum absolute atomic E-state index is 0.0312. The van der Waals surface area contributed by atoms with Crippen molar-refractivity contribution in [1.29, 1.82) is 0 Å². The Morgan fingerprint density at radius 1 is 0.967 bits per heavy atom. The van der Waals surface area contributed by atoms with E-state index in [0.29, 0.717) is 21.5 Å². The molecule has 0 bridgehead atoms. The van der Waals surface area contributed by atoms with E-state index in [2.05, 4.69) is 10.0 Å². The molecule has 1 amide bonds. The normalized spacial score (nSPS) is 12.1. The Hall–Kier alpha value is -2.74. The fourth-order valence-electron chi connectivity index (χ4n) is 2.51. The van der Waals surface area contributed by atoms with Gasteiger partial charge in [0.25, 0.3) is 15.9 Å². The molecule has 0 heterocycles. The molecule has 0 aliphatic heterocycles. The number of ether oxygens (including phenoxy) is 1. The predicted molar refractivity (Wildman–Crippen MR) is 119 cm³/mol. The van der Waals surface area contributed by atoms with E-state index in [9.17, 15) is 13.2 Å². The van der Waals surface area contributed by atoms with E-state index in [0.717, 1.165) is 0 Å². The van der Waals surface area contributed by atoms with Crippen molar-refractivity contribution in [3.63, 3.8) is 0 Å². The molecule has 0 aliphatic rings. The van der Waals surface area contributed by atoms with Crippen LogP contribution in [-0.2, 0) is 14.8 Å². The van der Waals surface area contributed by atoms with Gasteiger partial charge < -0.3 is 10.1 Å². The van der Waals surface area contributed by atoms with Gasteiger partial charge in [0, 0.05) is 10.7 Å². The lowest BCUT2D eigenvalue weighted by Crippen LogP contribution is -2.30. The fourth-order valence-corrected chi connectivity index (χ4v) is 4.01. The lowest BCUT2D eigenvalue weighted by molar-refractivity contribution is -0.122. The molecule has 2 N–H and O–H groups in total. The highest BCUT2D eigenvalue weighted by Gasteiger charge is 2.18. The second-order valence-electron chi connectivity index (χ2n) is 6.32. The molecule has 6 nitrogen and oxygen atoms in total. The lowest BCUT2D eigenvalue weighted by atomic mass is 10.3. The number of benzene rings is 3. The molecule has 0 radical (unpaired) electrons. The Kier molecular flexibility index (Phi) is 6.87. The van der Waals surface area contributed by atoms with Crippen LogP contribution in [0.5, 0.6) is 5.75 Å². The molecule has 156 valence electrons. The van der Waals surface area contributed by atoms with Crippen LogP contribution < -0.4 is 14.8 Å². The summed E-state index contributed by atoms with van der Waals surface area (Å²) in [5, 5.41) is 3.47. The van der Waals surface area contributed by atoms with Crippen molar-refractivity contribution in [3.05, 3.63) is 82.8 Å². The number of para-hydroxylation sites is 1. The van der Waals surface area contributed by atoms with Gasteiger partial charge in [-0.3, -0.25) is 9.52 Å². The highest BCUT2D eigenvalue weighted by Crippen LogP contribution is 2.25. The molecule has 1 atom stereocenters. The minimum Gasteiger partial charge on any atom is -0.481 e. The van der Waals surface area contributed by atoms with Gasteiger partial charge in [0.2, 0.25) is 0 Å². The van der Waals surface area contributed by atoms with Crippen LogP contribution >= 0.6 is 23.2 Å². The topological polar surface area (TPSA) is 84.5 Å². The maximum Gasteiger partial charge on any atom is 0.265 e. The molecule has 0 aliphatic carbocycles. The third-order valence-electron chi connectivity index (χ3n) is 4.03. The number of carbonyl (C=O) groups is 1. The first kappa shape index (κ1) is 22.0. The summed E-state index contributed by atoms with van der Waals surface area (Å²) in [7, 11) is -3.83. The molecule has 3 rings (SSSR count). The van der Waals surface area contributed by atoms with Gasteiger partial charge in [0.05, 0.1) is 15.6 Å². The number of anilines is 2. The van der Waals surface area contributed by atoms with E-state index in [1.807, 2.05) is 0 Å². The fraction of sp³-hybridized carbons (Fsp3) is 0.0952. The van der Waals surface area contributed by atoms with Crippen molar-refractivity contribution < 1.29 is 17.9 Å². The quantitative estimate of drug-likeness (QED) is 0.503. The van der Waals surface area contributed by atoms with Crippen molar-refractivity contribution in [1.82, 2.24) is 0 Å². The molecule has 0 saturated carbocycles. The molecule has 0 saturated heterocycles. The van der Waals surface area contributed by atoms with Crippen molar-refractivity contribution in [3.8, 4) is 5.75 Å². The van der Waals surface area contributed by atoms with Crippen LogP contribution in [0, 0.1) is 0 Å². The molecular formula is C21H18Cl2N2O4S. The zero-order valence-corrected chi connectivity index (χ0v) is 18.1. The summed E-state index contributed by atoms with van der Waals surface area (Å²) in [6, 6.07) is 19.0. The second kappa shape index (κ2) is 9.38. The first-order valence-corrected chi connectivity index (χ1v) is 11.1. The van der Waals surface area contributed by atoms with Crippen molar-refractivity contribution in [2.45, 2.75) is 17.9 Å². The average Bonchev–Trinajstić information content (AvgIpc) is 2.70. The summed E-state index contributed by atoms with van der Waals surface area (Å²) in [6.07, 6.45) is -0.784. The molecule has 3 aromatic carbocycles. The molecule has 0 spiro atoms. The van der Waals surface area contributed by atoms with Gasteiger partial charge in [-0.15, -0.1) is 0 Å². The predicted octanol–water partition coefficient (Wildman–Crippen LogP) is 5.20.